The van der Waals surface area contributed by atoms with Crippen LogP contribution in [0.1, 0.15) is 55.3 Å². The summed E-state index contributed by atoms with van der Waals surface area (Å²) in [6.45, 7) is 9.69. The second kappa shape index (κ2) is 11.1. The smallest absolute Gasteiger partial charge is 0.253 e. The van der Waals surface area contributed by atoms with Crippen LogP contribution in [-0.2, 0) is 4.79 Å². The zero-order chi connectivity index (χ0) is 23.3. The largest absolute Gasteiger partial charge is 0.369 e. The molecule has 1 aromatic carbocycles. The Labute approximate surface area is 204 Å². The lowest BCUT2D eigenvalue weighted by Crippen LogP contribution is -2.56. The molecule has 1 aromatic rings. The normalized spacial score (nSPS) is 23.5. The fraction of sp³-hybridized carbons (Fsp3) is 0.704. The second-order valence-electron chi connectivity index (χ2n) is 10.5. The molecule has 4 aliphatic rings. The Balaban J connectivity index is 1.09. The standard InChI is InChI=1S/C27H41N5O2/c33-26(31-19-17-29(18-20-31)24-8-6-9-24)22-28-13-15-30(16-14-28)25-10-5-7-23(21-25)27(34)32-11-3-1-2-4-12-32/h5,7,10,21,24H,1-4,6,8-9,11-20,22H2. The summed E-state index contributed by atoms with van der Waals surface area (Å²) >= 11 is 0. The molecular formula is C27H41N5O2. The van der Waals surface area contributed by atoms with E-state index in [0.29, 0.717) is 6.54 Å². The number of carbonyl (C=O) groups is 2. The van der Waals surface area contributed by atoms with Crippen molar-refractivity contribution in [2.24, 2.45) is 0 Å². The molecular weight excluding hydrogens is 426 g/mol. The predicted octanol–water partition coefficient (Wildman–Crippen LogP) is 2.52. The molecule has 34 heavy (non-hydrogen) atoms. The molecule has 0 aromatic heterocycles. The van der Waals surface area contributed by atoms with Crippen molar-refractivity contribution in [2.45, 2.75) is 51.0 Å². The minimum Gasteiger partial charge on any atom is -0.369 e. The van der Waals surface area contributed by atoms with Crippen LogP contribution in [-0.4, -0.2) is 109 Å². The Hall–Kier alpha value is -2.12. The summed E-state index contributed by atoms with van der Waals surface area (Å²) in [7, 11) is 0. The van der Waals surface area contributed by atoms with E-state index in [0.717, 1.165) is 95.6 Å². The van der Waals surface area contributed by atoms with Crippen LogP contribution >= 0.6 is 0 Å². The zero-order valence-corrected chi connectivity index (χ0v) is 20.7. The number of amides is 2. The van der Waals surface area contributed by atoms with Gasteiger partial charge < -0.3 is 14.7 Å². The van der Waals surface area contributed by atoms with Crippen LogP contribution in [0, 0.1) is 0 Å². The van der Waals surface area contributed by atoms with Crippen LogP contribution in [0.15, 0.2) is 24.3 Å². The van der Waals surface area contributed by atoms with Gasteiger partial charge in [-0.25, -0.2) is 0 Å². The summed E-state index contributed by atoms with van der Waals surface area (Å²) in [5, 5.41) is 0. The van der Waals surface area contributed by atoms with Gasteiger partial charge in [-0.1, -0.05) is 25.3 Å². The van der Waals surface area contributed by atoms with Gasteiger partial charge >= 0.3 is 0 Å². The van der Waals surface area contributed by atoms with E-state index in [2.05, 4.69) is 31.7 Å². The van der Waals surface area contributed by atoms with E-state index in [9.17, 15) is 9.59 Å². The van der Waals surface area contributed by atoms with Gasteiger partial charge in [0.05, 0.1) is 6.54 Å². The molecule has 3 aliphatic heterocycles. The molecule has 5 rings (SSSR count). The van der Waals surface area contributed by atoms with Crippen LogP contribution in [0.3, 0.4) is 0 Å². The number of hydrogen-bond donors (Lipinski definition) is 0. The Bertz CT molecular complexity index is 833. The number of piperazine rings is 2. The van der Waals surface area contributed by atoms with Crippen molar-refractivity contribution in [3.05, 3.63) is 29.8 Å². The van der Waals surface area contributed by atoms with Crippen LogP contribution in [0.4, 0.5) is 5.69 Å². The molecule has 2 amide bonds. The predicted molar refractivity (Wildman–Crippen MR) is 135 cm³/mol. The number of nitrogens with zero attached hydrogens (tertiary/aromatic N) is 5. The molecule has 0 unspecified atom stereocenters. The highest BCUT2D eigenvalue weighted by atomic mass is 16.2. The second-order valence-corrected chi connectivity index (χ2v) is 10.5. The number of hydrogen-bond acceptors (Lipinski definition) is 5. The van der Waals surface area contributed by atoms with Crippen molar-refractivity contribution in [3.63, 3.8) is 0 Å². The van der Waals surface area contributed by atoms with Gasteiger partial charge in [-0.05, 0) is 43.9 Å². The van der Waals surface area contributed by atoms with Gasteiger partial charge in [0.25, 0.3) is 5.91 Å². The summed E-state index contributed by atoms with van der Waals surface area (Å²) in [5.74, 6) is 0.456. The monoisotopic (exact) mass is 467 g/mol. The third-order valence-electron chi connectivity index (χ3n) is 8.34. The number of rotatable bonds is 5. The molecule has 1 saturated carbocycles. The van der Waals surface area contributed by atoms with Crippen molar-refractivity contribution in [3.8, 4) is 0 Å². The summed E-state index contributed by atoms with van der Waals surface area (Å²) in [5.41, 5.74) is 1.93. The van der Waals surface area contributed by atoms with E-state index in [1.165, 1.54) is 32.1 Å². The third-order valence-corrected chi connectivity index (χ3v) is 8.34. The minimum absolute atomic E-state index is 0.172. The Morgan fingerprint density at radius 1 is 0.735 bits per heavy atom. The van der Waals surface area contributed by atoms with Gasteiger partial charge in [0.2, 0.25) is 5.91 Å². The first-order valence-corrected chi connectivity index (χ1v) is 13.6. The quantitative estimate of drug-likeness (QED) is 0.666. The van der Waals surface area contributed by atoms with E-state index in [4.69, 9.17) is 0 Å². The molecule has 7 nitrogen and oxygen atoms in total. The Morgan fingerprint density at radius 2 is 1.44 bits per heavy atom. The summed E-state index contributed by atoms with van der Waals surface area (Å²) < 4.78 is 0. The number of likely N-dealkylation sites (tertiary alicyclic amines) is 1. The highest BCUT2D eigenvalue weighted by Gasteiger charge is 2.30. The van der Waals surface area contributed by atoms with E-state index in [-0.39, 0.29) is 11.8 Å². The molecule has 186 valence electrons. The molecule has 0 bridgehead atoms. The van der Waals surface area contributed by atoms with Gasteiger partial charge in [-0.15, -0.1) is 0 Å². The minimum atomic E-state index is 0.172. The summed E-state index contributed by atoms with van der Waals surface area (Å²) in [4.78, 5) is 37.3. The molecule has 7 heteroatoms. The SMILES string of the molecule is O=C(CN1CCN(c2cccc(C(=O)N3CCCCCC3)c2)CC1)N1CCN(C2CCC2)CC1. The van der Waals surface area contributed by atoms with Crippen molar-refractivity contribution in [1.29, 1.82) is 0 Å². The van der Waals surface area contributed by atoms with Gasteiger partial charge in [0.1, 0.15) is 0 Å². The Kier molecular flexibility index (Phi) is 7.70. The van der Waals surface area contributed by atoms with Gasteiger partial charge in [-0.2, -0.15) is 0 Å². The molecule has 0 spiro atoms. The number of benzene rings is 1. The van der Waals surface area contributed by atoms with Crippen molar-refractivity contribution < 1.29 is 9.59 Å². The van der Waals surface area contributed by atoms with Crippen molar-refractivity contribution in [2.75, 3.05) is 76.9 Å². The molecule has 0 N–H and O–H groups in total. The van der Waals surface area contributed by atoms with Gasteiger partial charge in [0.15, 0.2) is 0 Å². The van der Waals surface area contributed by atoms with Crippen LogP contribution in [0.2, 0.25) is 0 Å². The average molecular weight is 468 g/mol. The molecule has 3 saturated heterocycles. The van der Waals surface area contributed by atoms with E-state index < -0.39 is 0 Å². The topological polar surface area (TPSA) is 50.3 Å². The van der Waals surface area contributed by atoms with Gasteiger partial charge in [0, 0.05) is 82.7 Å². The summed E-state index contributed by atoms with van der Waals surface area (Å²) in [6, 6.07) is 8.93. The molecule has 0 atom stereocenters. The first-order valence-electron chi connectivity index (χ1n) is 13.6. The van der Waals surface area contributed by atoms with Crippen LogP contribution in [0.25, 0.3) is 0 Å². The first kappa shape index (κ1) is 23.6. The van der Waals surface area contributed by atoms with Gasteiger partial charge in [-0.3, -0.25) is 19.4 Å². The molecule has 1 aliphatic carbocycles. The maximum Gasteiger partial charge on any atom is 0.253 e. The van der Waals surface area contributed by atoms with Crippen LogP contribution < -0.4 is 4.90 Å². The Morgan fingerprint density at radius 3 is 2.09 bits per heavy atom. The molecule has 0 radical (unpaired) electrons. The fourth-order valence-electron chi connectivity index (χ4n) is 5.84. The van der Waals surface area contributed by atoms with Crippen molar-refractivity contribution in [1.82, 2.24) is 19.6 Å². The van der Waals surface area contributed by atoms with Crippen molar-refractivity contribution >= 4 is 17.5 Å². The average Bonchev–Trinajstić information content (AvgIpc) is 3.13. The molecule has 4 fully saturated rings. The van der Waals surface area contributed by atoms with E-state index in [1.807, 2.05) is 17.0 Å². The lowest BCUT2D eigenvalue weighted by molar-refractivity contribution is -0.134. The zero-order valence-electron chi connectivity index (χ0n) is 20.7. The summed E-state index contributed by atoms with van der Waals surface area (Å²) in [6.07, 6.45) is 8.74. The lowest BCUT2D eigenvalue weighted by atomic mass is 9.91. The lowest BCUT2D eigenvalue weighted by Gasteiger charge is -2.43. The third kappa shape index (κ3) is 5.57. The first-order chi connectivity index (χ1) is 16.7. The number of anilines is 1. The molecule has 3 heterocycles. The van der Waals surface area contributed by atoms with E-state index >= 15 is 0 Å². The number of carbonyl (C=O) groups excluding carboxylic acids is 2. The maximum absolute atomic E-state index is 13.0. The highest BCUT2D eigenvalue weighted by Crippen LogP contribution is 2.25. The maximum atomic E-state index is 13.0. The van der Waals surface area contributed by atoms with Crippen LogP contribution in [0.5, 0.6) is 0 Å². The highest BCUT2D eigenvalue weighted by molar-refractivity contribution is 5.95. The fourth-order valence-corrected chi connectivity index (χ4v) is 5.84. The van der Waals surface area contributed by atoms with E-state index in [1.54, 1.807) is 0 Å².